The quantitative estimate of drug-likeness (QED) is 0.609. The molecule has 0 spiro atoms. The summed E-state index contributed by atoms with van der Waals surface area (Å²) in [6.07, 6.45) is 4.57. The number of nitrogens with zero attached hydrogens (tertiary/aromatic N) is 4. The fourth-order valence-electron chi connectivity index (χ4n) is 2.50. The van der Waals surface area contributed by atoms with Gasteiger partial charge in [0.25, 0.3) is 0 Å². The van der Waals surface area contributed by atoms with E-state index in [9.17, 15) is 15.2 Å². The lowest BCUT2D eigenvalue weighted by Crippen LogP contribution is -2.26. The number of amides is 1. The van der Waals surface area contributed by atoms with Crippen LogP contribution in [-0.2, 0) is 4.79 Å². The summed E-state index contributed by atoms with van der Waals surface area (Å²) in [7, 11) is 0. The molecule has 0 aliphatic rings. The molecule has 0 unspecified atom stereocenters. The van der Waals surface area contributed by atoms with Gasteiger partial charge in [0.2, 0.25) is 5.91 Å². The van der Waals surface area contributed by atoms with Crippen LogP contribution in [0.2, 0.25) is 0 Å². The molecule has 25 heavy (non-hydrogen) atoms. The molecule has 3 N–H and O–H groups in total. The van der Waals surface area contributed by atoms with Gasteiger partial charge in [0.15, 0.2) is 0 Å². The Hall–Kier alpha value is -3.60. The lowest BCUT2D eigenvalue weighted by molar-refractivity contribution is -0.118. The SMILES string of the molecule is CC(=O)NCCNc1ccc(-c2cc(O)cn3ncc(C#N)c23)cn1. The van der Waals surface area contributed by atoms with E-state index >= 15 is 0 Å². The van der Waals surface area contributed by atoms with Gasteiger partial charge in [-0.2, -0.15) is 10.4 Å². The predicted molar refractivity (Wildman–Crippen MR) is 92.0 cm³/mol. The molecular weight excluding hydrogens is 320 g/mol. The first-order valence-corrected chi connectivity index (χ1v) is 7.63. The summed E-state index contributed by atoms with van der Waals surface area (Å²) in [6.45, 7) is 2.53. The Bertz CT molecular complexity index is 956. The van der Waals surface area contributed by atoms with E-state index in [1.165, 1.54) is 23.8 Å². The van der Waals surface area contributed by atoms with E-state index in [0.717, 1.165) is 5.56 Å². The van der Waals surface area contributed by atoms with Crippen molar-refractivity contribution >= 4 is 17.2 Å². The van der Waals surface area contributed by atoms with Crippen molar-refractivity contribution in [1.29, 1.82) is 5.26 Å². The van der Waals surface area contributed by atoms with Crippen LogP contribution in [0, 0.1) is 11.3 Å². The average molecular weight is 336 g/mol. The van der Waals surface area contributed by atoms with Crippen molar-refractivity contribution in [2.75, 3.05) is 18.4 Å². The van der Waals surface area contributed by atoms with Crippen LogP contribution in [0.3, 0.4) is 0 Å². The standard InChI is InChI=1S/C17H16N6O2/c1-11(24)19-4-5-20-16-3-2-12(8-21-16)15-6-14(25)10-23-17(15)13(7-18)9-22-23/h2-3,6,8-10,25H,4-5H2,1H3,(H,19,24)(H,20,21). The van der Waals surface area contributed by atoms with Crippen LogP contribution in [0.15, 0.2) is 36.8 Å². The van der Waals surface area contributed by atoms with Gasteiger partial charge in [-0.1, -0.05) is 0 Å². The van der Waals surface area contributed by atoms with E-state index in [1.807, 2.05) is 6.07 Å². The molecule has 0 aromatic carbocycles. The number of nitriles is 1. The Kier molecular flexibility index (Phi) is 4.48. The van der Waals surface area contributed by atoms with Gasteiger partial charge in [-0.05, 0) is 18.2 Å². The third-order valence-electron chi connectivity index (χ3n) is 3.60. The number of carbonyl (C=O) groups excluding carboxylic acids is 1. The molecule has 8 heteroatoms. The number of anilines is 1. The summed E-state index contributed by atoms with van der Waals surface area (Å²) in [6, 6.07) is 7.33. The van der Waals surface area contributed by atoms with Crippen LogP contribution in [-0.4, -0.2) is 38.7 Å². The van der Waals surface area contributed by atoms with E-state index in [-0.39, 0.29) is 11.7 Å². The Morgan fingerprint density at radius 1 is 1.36 bits per heavy atom. The zero-order valence-electron chi connectivity index (χ0n) is 13.5. The molecule has 3 heterocycles. The number of carbonyl (C=O) groups is 1. The first kappa shape index (κ1) is 16.3. The number of hydrogen-bond donors (Lipinski definition) is 3. The molecule has 3 aromatic heterocycles. The molecule has 0 bridgehead atoms. The lowest BCUT2D eigenvalue weighted by atomic mass is 10.1. The van der Waals surface area contributed by atoms with Crippen LogP contribution in [0.5, 0.6) is 5.75 Å². The third-order valence-corrected chi connectivity index (χ3v) is 3.60. The van der Waals surface area contributed by atoms with E-state index in [1.54, 1.807) is 18.3 Å². The minimum absolute atomic E-state index is 0.0487. The minimum atomic E-state index is -0.0767. The van der Waals surface area contributed by atoms with Crippen LogP contribution in [0.1, 0.15) is 12.5 Å². The largest absolute Gasteiger partial charge is 0.506 e. The highest BCUT2D eigenvalue weighted by Gasteiger charge is 2.12. The first-order valence-electron chi connectivity index (χ1n) is 7.63. The second kappa shape index (κ2) is 6.88. The van der Waals surface area contributed by atoms with Gasteiger partial charge < -0.3 is 15.7 Å². The van der Waals surface area contributed by atoms with Gasteiger partial charge in [0, 0.05) is 37.3 Å². The number of pyridine rings is 2. The lowest BCUT2D eigenvalue weighted by Gasteiger charge is -2.09. The molecule has 8 nitrogen and oxygen atoms in total. The van der Waals surface area contributed by atoms with Crippen molar-refractivity contribution in [1.82, 2.24) is 19.9 Å². The maximum absolute atomic E-state index is 10.8. The number of nitrogens with one attached hydrogen (secondary N) is 2. The fourth-order valence-corrected chi connectivity index (χ4v) is 2.50. The summed E-state index contributed by atoms with van der Waals surface area (Å²) < 4.78 is 1.48. The molecule has 3 rings (SSSR count). The summed E-state index contributed by atoms with van der Waals surface area (Å²) in [5, 5.41) is 29.0. The van der Waals surface area contributed by atoms with Crippen LogP contribution in [0.25, 0.3) is 16.6 Å². The van der Waals surface area contributed by atoms with E-state index in [0.29, 0.717) is 35.6 Å². The van der Waals surface area contributed by atoms with Gasteiger partial charge in [0.05, 0.1) is 23.5 Å². The zero-order chi connectivity index (χ0) is 17.8. The average Bonchev–Trinajstić information content (AvgIpc) is 3.01. The molecule has 3 aromatic rings. The fraction of sp³-hybridized carbons (Fsp3) is 0.176. The highest BCUT2D eigenvalue weighted by molar-refractivity contribution is 5.85. The Labute approximate surface area is 143 Å². The van der Waals surface area contributed by atoms with Gasteiger partial charge in [-0.3, -0.25) is 4.79 Å². The van der Waals surface area contributed by atoms with E-state index in [2.05, 4.69) is 26.8 Å². The molecule has 0 aliphatic carbocycles. The van der Waals surface area contributed by atoms with E-state index < -0.39 is 0 Å². The van der Waals surface area contributed by atoms with Crippen molar-refractivity contribution in [2.24, 2.45) is 0 Å². The smallest absolute Gasteiger partial charge is 0.216 e. The maximum atomic E-state index is 10.8. The third kappa shape index (κ3) is 3.50. The number of aromatic nitrogens is 3. The van der Waals surface area contributed by atoms with Crippen molar-refractivity contribution in [3.05, 3.63) is 42.4 Å². The van der Waals surface area contributed by atoms with Gasteiger partial charge in [0.1, 0.15) is 17.6 Å². The zero-order valence-corrected chi connectivity index (χ0v) is 13.5. The Balaban J connectivity index is 1.85. The highest BCUT2D eigenvalue weighted by Crippen LogP contribution is 2.30. The minimum Gasteiger partial charge on any atom is -0.506 e. The number of fused-ring (bicyclic) bond motifs is 1. The molecule has 0 atom stereocenters. The maximum Gasteiger partial charge on any atom is 0.216 e. The first-order chi connectivity index (χ1) is 12.1. The van der Waals surface area contributed by atoms with Gasteiger partial charge in [-0.25, -0.2) is 9.50 Å². The molecule has 0 radical (unpaired) electrons. The van der Waals surface area contributed by atoms with Crippen LogP contribution >= 0.6 is 0 Å². The van der Waals surface area contributed by atoms with Crippen molar-refractivity contribution < 1.29 is 9.90 Å². The molecule has 0 fully saturated rings. The molecule has 0 aliphatic heterocycles. The Morgan fingerprint density at radius 2 is 2.20 bits per heavy atom. The van der Waals surface area contributed by atoms with E-state index in [4.69, 9.17) is 0 Å². The summed E-state index contributed by atoms with van der Waals surface area (Å²) in [4.78, 5) is 15.1. The summed E-state index contributed by atoms with van der Waals surface area (Å²) in [5.74, 6) is 0.638. The second-order valence-corrected chi connectivity index (χ2v) is 5.42. The van der Waals surface area contributed by atoms with Gasteiger partial charge in [-0.15, -0.1) is 0 Å². The number of hydrogen-bond acceptors (Lipinski definition) is 6. The molecule has 0 saturated heterocycles. The number of rotatable bonds is 5. The summed E-state index contributed by atoms with van der Waals surface area (Å²) in [5.41, 5.74) is 2.47. The molecule has 1 amide bonds. The monoisotopic (exact) mass is 336 g/mol. The van der Waals surface area contributed by atoms with Crippen molar-refractivity contribution in [3.63, 3.8) is 0 Å². The molecule has 126 valence electrons. The normalized spacial score (nSPS) is 10.4. The van der Waals surface area contributed by atoms with Crippen molar-refractivity contribution in [3.8, 4) is 22.9 Å². The highest BCUT2D eigenvalue weighted by atomic mass is 16.3. The van der Waals surface area contributed by atoms with Crippen LogP contribution in [0.4, 0.5) is 5.82 Å². The number of aromatic hydroxyl groups is 1. The van der Waals surface area contributed by atoms with Crippen LogP contribution < -0.4 is 10.6 Å². The molecular formula is C17H16N6O2. The second-order valence-electron chi connectivity index (χ2n) is 5.42. The summed E-state index contributed by atoms with van der Waals surface area (Å²) >= 11 is 0. The van der Waals surface area contributed by atoms with Crippen molar-refractivity contribution in [2.45, 2.75) is 6.92 Å². The topological polar surface area (TPSA) is 115 Å². The van der Waals surface area contributed by atoms with Gasteiger partial charge >= 0.3 is 0 Å². The Morgan fingerprint density at radius 3 is 2.88 bits per heavy atom. The molecule has 0 saturated carbocycles. The predicted octanol–water partition coefficient (Wildman–Crippen LogP) is 1.52.